The SMILES string of the molecule is CCOc1cc2nc(CCCOC)cn2cc1NC(=O)c1cccc(OC)n1. The molecular formula is C20H24N4O4. The van der Waals surface area contributed by atoms with Crippen LogP contribution in [-0.4, -0.2) is 47.7 Å². The largest absolute Gasteiger partial charge is 0.491 e. The number of carbonyl (C=O) groups is 1. The van der Waals surface area contributed by atoms with Crippen LogP contribution in [-0.2, 0) is 11.2 Å². The van der Waals surface area contributed by atoms with Gasteiger partial charge >= 0.3 is 0 Å². The third-order valence-corrected chi connectivity index (χ3v) is 4.10. The van der Waals surface area contributed by atoms with Crippen LogP contribution in [0, 0.1) is 0 Å². The molecule has 0 atom stereocenters. The summed E-state index contributed by atoms with van der Waals surface area (Å²) in [6.45, 7) is 3.05. The summed E-state index contributed by atoms with van der Waals surface area (Å²) in [6, 6.07) is 6.85. The second-order valence-electron chi connectivity index (χ2n) is 6.10. The quantitative estimate of drug-likeness (QED) is 0.571. The summed E-state index contributed by atoms with van der Waals surface area (Å²) in [4.78, 5) is 21.4. The molecule has 3 aromatic rings. The van der Waals surface area contributed by atoms with Gasteiger partial charge in [-0.05, 0) is 25.8 Å². The Balaban J connectivity index is 1.87. The monoisotopic (exact) mass is 384 g/mol. The number of imidazole rings is 1. The first-order valence-corrected chi connectivity index (χ1v) is 9.10. The summed E-state index contributed by atoms with van der Waals surface area (Å²) in [5.74, 6) is 0.586. The molecule has 3 aromatic heterocycles. The van der Waals surface area contributed by atoms with Gasteiger partial charge in [-0.2, -0.15) is 0 Å². The summed E-state index contributed by atoms with van der Waals surface area (Å²) in [5, 5.41) is 2.87. The van der Waals surface area contributed by atoms with E-state index in [0.29, 0.717) is 30.5 Å². The minimum Gasteiger partial charge on any atom is -0.491 e. The molecule has 0 saturated carbocycles. The molecule has 3 rings (SSSR count). The molecule has 148 valence electrons. The second-order valence-corrected chi connectivity index (χ2v) is 6.10. The summed E-state index contributed by atoms with van der Waals surface area (Å²) >= 11 is 0. The Morgan fingerprint density at radius 1 is 1.21 bits per heavy atom. The Bertz CT molecular complexity index is 955. The number of hydrogen-bond donors (Lipinski definition) is 1. The number of hydrogen-bond acceptors (Lipinski definition) is 6. The molecule has 0 spiro atoms. The maximum absolute atomic E-state index is 12.6. The van der Waals surface area contributed by atoms with Crippen LogP contribution in [0.25, 0.3) is 5.65 Å². The smallest absolute Gasteiger partial charge is 0.274 e. The molecule has 0 saturated heterocycles. The number of pyridine rings is 2. The van der Waals surface area contributed by atoms with E-state index in [9.17, 15) is 4.79 Å². The van der Waals surface area contributed by atoms with Crippen molar-refractivity contribution >= 4 is 17.2 Å². The first-order chi connectivity index (χ1) is 13.6. The van der Waals surface area contributed by atoms with E-state index in [4.69, 9.17) is 14.2 Å². The van der Waals surface area contributed by atoms with Crippen LogP contribution in [0.4, 0.5) is 5.69 Å². The van der Waals surface area contributed by atoms with Crippen molar-refractivity contribution in [3.05, 3.63) is 48.0 Å². The fourth-order valence-corrected chi connectivity index (χ4v) is 2.80. The Labute approximate surface area is 163 Å². The number of aryl methyl sites for hydroxylation is 1. The van der Waals surface area contributed by atoms with Gasteiger partial charge in [0.25, 0.3) is 5.91 Å². The van der Waals surface area contributed by atoms with Crippen LogP contribution in [0.3, 0.4) is 0 Å². The standard InChI is InChI=1S/C20H24N4O4/c1-4-28-17-11-18-21-14(7-6-10-26-2)12-24(18)13-16(17)23-20(25)15-8-5-9-19(22-15)27-3/h5,8-9,11-13H,4,6-7,10H2,1-3H3,(H,23,25). The predicted molar refractivity (Wildman–Crippen MR) is 105 cm³/mol. The van der Waals surface area contributed by atoms with Gasteiger partial charge in [-0.1, -0.05) is 6.07 Å². The van der Waals surface area contributed by atoms with Crippen molar-refractivity contribution in [3.63, 3.8) is 0 Å². The van der Waals surface area contributed by atoms with Gasteiger partial charge in [-0.3, -0.25) is 4.79 Å². The number of ether oxygens (including phenoxy) is 3. The van der Waals surface area contributed by atoms with Gasteiger partial charge in [-0.25, -0.2) is 9.97 Å². The van der Waals surface area contributed by atoms with E-state index in [-0.39, 0.29) is 11.6 Å². The maximum atomic E-state index is 12.6. The number of rotatable bonds is 9. The van der Waals surface area contributed by atoms with Crippen LogP contribution >= 0.6 is 0 Å². The lowest BCUT2D eigenvalue weighted by Crippen LogP contribution is -2.15. The van der Waals surface area contributed by atoms with Crippen LogP contribution < -0.4 is 14.8 Å². The Morgan fingerprint density at radius 3 is 2.82 bits per heavy atom. The zero-order valence-corrected chi connectivity index (χ0v) is 16.3. The molecule has 0 fully saturated rings. The van der Waals surface area contributed by atoms with Gasteiger partial charge in [0.05, 0.1) is 19.4 Å². The minimum absolute atomic E-state index is 0.257. The van der Waals surface area contributed by atoms with Crippen molar-refractivity contribution in [2.24, 2.45) is 0 Å². The van der Waals surface area contributed by atoms with Crippen LogP contribution in [0.15, 0.2) is 36.7 Å². The summed E-state index contributed by atoms with van der Waals surface area (Å²) in [7, 11) is 3.19. The van der Waals surface area contributed by atoms with Gasteiger partial charge < -0.3 is 23.9 Å². The number of aromatic nitrogens is 3. The van der Waals surface area contributed by atoms with E-state index >= 15 is 0 Å². The Morgan fingerprint density at radius 2 is 2.07 bits per heavy atom. The molecule has 8 nitrogen and oxygen atoms in total. The van der Waals surface area contributed by atoms with Gasteiger partial charge in [0.2, 0.25) is 5.88 Å². The summed E-state index contributed by atoms with van der Waals surface area (Å²) in [6.07, 6.45) is 5.45. The van der Waals surface area contributed by atoms with Gasteiger partial charge in [0.1, 0.15) is 22.8 Å². The average molecular weight is 384 g/mol. The molecule has 3 heterocycles. The molecule has 0 radical (unpaired) electrons. The molecule has 1 amide bonds. The fourth-order valence-electron chi connectivity index (χ4n) is 2.80. The van der Waals surface area contributed by atoms with E-state index in [1.165, 1.54) is 7.11 Å². The van der Waals surface area contributed by atoms with E-state index in [0.717, 1.165) is 24.2 Å². The van der Waals surface area contributed by atoms with Crippen molar-refractivity contribution in [1.82, 2.24) is 14.4 Å². The summed E-state index contributed by atoms with van der Waals surface area (Å²) < 4.78 is 17.7. The Hall–Kier alpha value is -3.13. The number of methoxy groups -OCH3 is 2. The molecular weight excluding hydrogens is 360 g/mol. The van der Waals surface area contributed by atoms with Crippen LogP contribution in [0.1, 0.15) is 29.5 Å². The lowest BCUT2D eigenvalue weighted by molar-refractivity contribution is 0.102. The molecule has 0 aromatic carbocycles. The van der Waals surface area contributed by atoms with E-state index in [1.54, 1.807) is 31.5 Å². The first-order valence-electron chi connectivity index (χ1n) is 9.10. The molecule has 0 unspecified atom stereocenters. The van der Waals surface area contributed by atoms with Crippen molar-refractivity contribution in [1.29, 1.82) is 0 Å². The molecule has 0 aliphatic carbocycles. The zero-order valence-electron chi connectivity index (χ0n) is 16.3. The van der Waals surface area contributed by atoms with E-state index in [2.05, 4.69) is 15.3 Å². The number of carbonyl (C=O) groups excluding carboxylic acids is 1. The van der Waals surface area contributed by atoms with E-state index in [1.807, 2.05) is 23.6 Å². The number of fused-ring (bicyclic) bond motifs is 1. The normalized spacial score (nSPS) is 10.8. The Kier molecular flexibility index (Phi) is 6.44. The molecule has 0 aliphatic rings. The highest BCUT2D eigenvalue weighted by Crippen LogP contribution is 2.27. The molecule has 1 N–H and O–H groups in total. The van der Waals surface area contributed by atoms with Crippen molar-refractivity contribution in [2.75, 3.05) is 32.8 Å². The first kappa shape index (κ1) is 19.6. The fraction of sp³-hybridized carbons (Fsp3) is 0.350. The second kappa shape index (κ2) is 9.18. The maximum Gasteiger partial charge on any atom is 0.274 e. The minimum atomic E-state index is -0.348. The molecule has 0 bridgehead atoms. The highest BCUT2D eigenvalue weighted by Gasteiger charge is 2.14. The van der Waals surface area contributed by atoms with E-state index < -0.39 is 0 Å². The topological polar surface area (TPSA) is 87.0 Å². The van der Waals surface area contributed by atoms with Gasteiger partial charge in [0, 0.05) is 38.2 Å². The number of nitrogens with zero attached hydrogens (tertiary/aromatic N) is 3. The van der Waals surface area contributed by atoms with Crippen molar-refractivity contribution in [3.8, 4) is 11.6 Å². The molecule has 8 heteroatoms. The number of nitrogens with one attached hydrogen (secondary N) is 1. The third-order valence-electron chi connectivity index (χ3n) is 4.10. The lowest BCUT2D eigenvalue weighted by Gasteiger charge is -2.12. The zero-order chi connectivity index (χ0) is 19.9. The number of amides is 1. The summed E-state index contributed by atoms with van der Waals surface area (Å²) in [5.41, 5.74) is 2.52. The van der Waals surface area contributed by atoms with Crippen LogP contribution in [0.2, 0.25) is 0 Å². The highest BCUT2D eigenvalue weighted by molar-refractivity contribution is 6.03. The lowest BCUT2D eigenvalue weighted by atomic mass is 10.3. The van der Waals surface area contributed by atoms with Crippen LogP contribution in [0.5, 0.6) is 11.6 Å². The molecule has 0 aliphatic heterocycles. The third kappa shape index (κ3) is 4.58. The molecule has 28 heavy (non-hydrogen) atoms. The van der Waals surface area contributed by atoms with Gasteiger partial charge in [0.15, 0.2) is 0 Å². The van der Waals surface area contributed by atoms with Crippen molar-refractivity contribution < 1.29 is 19.0 Å². The predicted octanol–water partition coefficient (Wildman–Crippen LogP) is 2.97. The average Bonchev–Trinajstić information content (AvgIpc) is 3.10. The van der Waals surface area contributed by atoms with Gasteiger partial charge in [-0.15, -0.1) is 0 Å². The highest BCUT2D eigenvalue weighted by atomic mass is 16.5. The number of anilines is 1. The van der Waals surface area contributed by atoms with Crippen molar-refractivity contribution in [2.45, 2.75) is 19.8 Å².